The van der Waals surface area contributed by atoms with Crippen LogP contribution in [0.3, 0.4) is 0 Å². The van der Waals surface area contributed by atoms with Gasteiger partial charge in [-0.05, 0) is 39.0 Å². The zero-order valence-corrected chi connectivity index (χ0v) is 7.48. The first-order valence-electron chi connectivity index (χ1n) is 4.55. The summed E-state index contributed by atoms with van der Waals surface area (Å²) in [5, 5.41) is 3.55. The number of rotatable bonds is 1. The van der Waals surface area contributed by atoms with Crippen molar-refractivity contribution in [3.63, 3.8) is 0 Å². The summed E-state index contributed by atoms with van der Waals surface area (Å²) < 4.78 is 0. The van der Waals surface area contributed by atoms with Crippen LogP contribution in [0, 0.1) is 5.92 Å². The molecule has 0 spiro atoms. The third kappa shape index (κ3) is 1.12. The second-order valence-electron chi connectivity index (χ2n) is 4.43. The highest BCUT2D eigenvalue weighted by Crippen LogP contribution is 2.43. The summed E-state index contributed by atoms with van der Waals surface area (Å²) in [6.07, 6.45) is 4.01. The van der Waals surface area contributed by atoms with E-state index in [-0.39, 0.29) is 0 Å². The zero-order chi connectivity index (χ0) is 8.06. The summed E-state index contributed by atoms with van der Waals surface area (Å²) in [4.78, 5) is 0. The molecule has 2 unspecified atom stereocenters. The zero-order valence-electron chi connectivity index (χ0n) is 7.48. The van der Waals surface area contributed by atoms with E-state index < -0.39 is 0 Å². The van der Waals surface area contributed by atoms with Gasteiger partial charge in [0.1, 0.15) is 0 Å². The van der Waals surface area contributed by atoms with Crippen molar-refractivity contribution in [2.24, 2.45) is 5.92 Å². The minimum Gasteiger partial charge on any atom is -0.305 e. The first-order chi connectivity index (χ1) is 5.12. The molecule has 0 amide bonds. The molecule has 0 aromatic rings. The first-order valence-corrected chi connectivity index (χ1v) is 4.55. The van der Waals surface area contributed by atoms with Crippen LogP contribution in [0.1, 0.15) is 33.1 Å². The molecule has 11 heavy (non-hydrogen) atoms. The number of allylic oxidation sites excluding steroid dienone is 1. The fourth-order valence-electron chi connectivity index (χ4n) is 2.25. The molecule has 62 valence electrons. The fourth-order valence-corrected chi connectivity index (χ4v) is 2.25. The van der Waals surface area contributed by atoms with E-state index in [1.807, 2.05) is 0 Å². The summed E-state index contributed by atoms with van der Waals surface area (Å²) in [5.41, 5.74) is 1.90. The summed E-state index contributed by atoms with van der Waals surface area (Å²) in [6, 6.07) is 0.804. The highest BCUT2D eigenvalue weighted by Gasteiger charge is 2.52. The van der Waals surface area contributed by atoms with Gasteiger partial charge in [0, 0.05) is 11.6 Å². The normalized spacial score (nSPS) is 48.2. The van der Waals surface area contributed by atoms with Gasteiger partial charge in [-0.25, -0.2) is 0 Å². The van der Waals surface area contributed by atoms with Crippen LogP contribution in [0.4, 0.5) is 0 Å². The molecule has 1 aliphatic heterocycles. The molecule has 3 atom stereocenters. The van der Waals surface area contributed by atoms with Crippen molar-refractivity contribution in [1.82, 2.24) is 5.32 Å². The Labute approximate surface area is 68.9 Å². The van der Waals surface area contributed by atoms with Crippen LogP contribution in [0.25, 0.3) is 0 Å². The molecule has 2 fully saturated rings. The van der Waals surface area contributed by atoms with Crippen LogP contribution in [0.2, 0.25) is 0 Å². The highest BCUT2D eigenvalue weighted by atomic mass is 15.2. The van der Waals surface area contributed by atoms with Crippen molar-refractivity contribution < 1.29 is 0 Å². The van der Waals surface area contributed by atoms with E-state index in [0.717, 1.165) is 12.0 Å². The maximum Gasteiger partial charge on any atom is 0.0310 e. The van der Waals surface area contributed by atoms with Crippen LogP contribution < -0.4 is 5.32 Å². The van der Waals surface area contributed by atoms with E-state index in [1.54, 1.807) is 0 Å². The van der Waals surface area contributed by atoms with Crippen LogP contribution in [-0.4, -0.2) is 11.6 Å². The van der Waals surface area contributed by atoms with Crippen molar-refractivity contribution in [1.29, 1.82) is 0 Å². The Bertz CT molecular complexity index is 197. The second-order valence-corrected chi connectivity index (χ2v) is 4.43. The van der Waals surface area contributed by atoms with E-state index in [9.17, 15) is 0 Å². The number of hydrogen-bond acceptors (Lipinski definition) is 1. The predicted molar refractivity (Wildman–Crippen MR) is 47.5 cm³/mol. The quantitative estimate of drug-likeness (QED) is 0.450. The second kappa shape index (κ2) is 2.10. The Morgan fingerprint density at radius 2 is 2.36 bits per heavy atom. The highest BCUT2D eigenvalue weighted by molar-refractivity contribution is 5.17. The third-order valence-electron chi connectivity index (χ3n) is 3.42. The van der Waals surface area contributed by atoms with Crippen molar-refractivity contribution >= 4 is 0 Å². The summed E-state index contributed by atoms with van der Waals surface area (Å²) in [7, 11) is 0. The Hall–Kier alpha value is -0.300. The van der Waals surface area contributed by atoms with Gasteiger partial charge in [0.2, 0.25) is 0 Å². The molecule has 0 aromatic carbocycles. The Kier molecular flexibility index (Phi) is 1.40. The summed E-state index contributed by atoms with van der Waals surface area (Å²) in [5.74, 6) is 0.795. The molecule has 1 heterocycles. The molecule has 2 rings (SSSR count). The Balaban J connectivity index is 1.98. The standard InChI is InChI=1S/C10H17N/c1-7(2)8-4-5-10(3)9(6-8)11-10/h8-9,11H,1,4-6H2,2-3H3/t8-,9?,10?/m0/s1. The summed E-state index contributed by atoms with van der Waals surface area (Å²) >= 11 is 0. The Morgan fingerprint density at radius 3 is 2.91 bits per heavy atom. The monoisotopic (exact) mass is 151 g/mol. The van der Waals surface area contributed by atoms with E-state index in [0.29, 0.717) is 5.54 Å². The number of hydrogen-bond donors (Lipinski definition) is 1. The van der Waals surface area contributed by atoms with Crippen molar-refractivity contribution in [2.75, 3.05) is 0 Å². The van der Waals surface area contributed by atoms with Gasteiger partial charge in [0.15, 0.2) is 0 Å². The largest absolute Gasteiger partial charge is 0.305 e. The Morgan fingerprint density at radius 1 is 1.64 bits per heavy atom. The van der Waals surface area contributed by atoms with E-state index in [1.165, 1.54) is 24.8 Å². The van der Waals surface area contributed by atoms with Gasteiger partial charge in [-0.1, -0.05) is 12.2 Å². The lowest BCUT2D eigenvalue weighted by molar-refractivity contribution is 0.396. The lowest BCUT2D eigenvalue weighted by Gasteiger charge is -2.23. The molecule has 0 aromatic heterocycles. The average molecular weight is 151 g/mol. The molecule has 1 nitrogen and oxygen atoms in total. The van der Waals surface area contributed by atoms with Gasteiger partial charge >= 0.3 is 0 Å². The van der Waals surface area contributed by atoms with Crippen molar-refractivity contribution in [2.45, 2.75) is 44.7 Å². The molecule has 1 heteroatoms. The molecule has 1 saturated carbocycles. The van der Waals surface area contributed by atoms with Crippen molar-refractivity contribution in [3.8, 4) is 0 Å². The van der Waals surface area contributed by atoms with E-state index in [2.05, 4.69) is 25.7 Å². The van der Waals surface area contributed by atoms with Gasteiger partial charge < -0.3 is 5.32 Å². The third-order valence-corrected chi connectivity index (χ3v) is 3.42. The average Bonchev–Trinajstić information content (AvgIpc) is 2.58. The molecule has 0 bridgehead atoms. The topological polar surface area (TPSA) is 21.9 Å². The van der Waals surface area contributed by atoms with Crippen LogP contribution >= 0.6 is 0 Å². The predicted octanol–water partition coefficient (Wildman–Crippen LogP) is 2.09. The van der Waals surface area contributed by atoms with Crippen LogP contribution in [0.5, 0.6) is 0 Å². The lowest BCUT2D eigenvalue weighted by Crippen LogP contribution is -2.21. The van der Waals surface area contributed by atoms with Gasteiger partial charge in [-0.2, -0.15) is 0 Å². The van der Waals surface area contributed by atoms with Crippen LogP contribution in [0.15, 0.2) is 12.2 Å². The SMILES string of the molecule is C=C(C)[C@H]1CCC2(C)NC2C1. The van der Waals surface area contributed by atoms with Crippen molar-refractivity contribution in [3.05, 3.63) is 12.2 Å². The van der Waals surface area contributed by atoms with Gasteiger partial charge in [0.05, 0.1) is 0 Å². The van der Waals surface area contributed by atoms with E-state index in [4.69, 9.17) is 0 Å². The lowest BCUT2D eigenvalue weighted by atomic mass is 9.80. The van der Waals surface area contributed by atoms with Gasteiger partial charge in [-0.15, -0.1) is 0 Å². The molecule has 0 radical (unpaired) electrons. The van der Waals surface area contributed by atoms with Gasteiger partial charge in [0.25, 0.3) is 0 Å². The first kappa shape index (κ1) is 7.35. The number of nitrogens with one attached hydrogen (secondary N) is 1. The summed E-state index contributed by atoms with van der Waals surface area (Å²) in [6.45, 7) is 8.53. The maximum absolute atomic E-state index is 4.03. The molecule has 1 aliphatic carbocycles. The fraction of sp³-hybridized carbons (Fsp3) is 0.800. The molecule has 2 aliphatic rings. The smallest absolute Gasteiger partial charge is 0.0310 e. The molecular weight excluding hydrogens is 134 g/mol. The molecular formula is C10H17N. The van der Waals surface area contributed by atoms with Crippen LogP contribution in [-0.2, 0) is 0 Å². The molecule has 1 saturated heterocycles. The minimum absolute atomic E-state index is 0.520. The van der Waals surface area contributed by atoms with E-state index >= 15 is 0 Å². The number of fused-ring (bicyclic) bond motifs is 1. The minimum atomic E-state index is 0.520. The maximum atomic E-state index is 4.03. The van der Waals surface area contributed by atoms with Gasteiger partial charge in [-0.3, -0.25) is 0 Å². The molecule has 1 N–H and O–H groups in total.